The van der Waals surface area contributed by atoms with Gasteiger partial charge in [0.2, 0.25) is 5.88 Å². The van der Waals surface area contributed by atoms with E-state index < -0.39 is 0 Å². The molecule has 2 bridgehead atoms. The van der Waals surface area contributed by atoms with Crippen molar-refractivity contribution in [2.45, 2.75) is 24.4 Å². The van der Waals surface area contributed by atoms with Crippen LogP contribution in [0.4, 0.5) is 4.79 Å². The summed E-state index contributed by atoms with van der Waals surface area (Å²) in [5.41, 5.74) is 6.77. The Balaban J connectivity index is 1.23. The van der Waals surface area contributed by atoms with Crippen molar-refractivity contribution in [2.24, 2.45) is 0 Å². The molecule has 3 heterocycles. The van der Waals surface area contributed by atoms with Gasteiger partial charge in [-0.1, -0.05) is 66.2 Å². The predicted molar refractivity (Wildman–Crippen MR) is 134 cm³/mol. The molecule has 178 valence electrons. The number of ether oxygens (including phenoxy) is 3. The number of nitrogens with zero attached hydrogens (tertiary/aromatic N) is 2. The van der Waals surface area contributed by atoms with Crippen molar-refractivity contribution in [1.82, 2.24) is 9.88 Å². The quantitative estimate of drug-likeness (QED) is 0.482. The second-order valence-corrected chi connectivity index (χ2v) is 9.48. The number of hydrogen-bond acceptors (Lipinski definition) is 5. The van der Waals surface area contributed by atoms with Crippen molar-refractivity contribution >= 4 is 23.3 Å². The first-order valence-electron chi connectivity index (χ1n) is 11.8. The summed E-state index contributed by atoms with van der Waals surface area (Å²) in [6.45, 7) is 1.18. The molecule has 1 saturated heterocycles. The third-order valence-electron chi connectivity index (χ3n) is 7.13. The second kappa shape index (κ2) is 9.02. The molecule has 2 aliphatic heterocycles. The Bertz CT molecular complexity index is 1280. The van der Waals surface area contributed by atoms with Gasteiger partial charge in [0, 0.05) is 17.5 Å². The van der Waals surface area contributed by atoms with Crippen molar-refractivity contribution in [3.63, 3.8) is 0 Å². The third-order valence-corrected chi connectivity index (χ3v) is 7.43. The molecule has 1 aromatic heterocycles. The first-order chi connectivity index (χ1) is 17.1. The molecule has 2 aromatic carbocycles. The van der Waals surface area contributed by atoms with E-state index in [1.165, 1.54) is 22.3 Å². The zero-order valence-electron chi connectivity index (χ0n) is 19.3. The minimum atomic E-state index is -0.307. The summed E-state index contributed by atoms with van der Waals surface area (Å²) in [6, 6.07) is 18.2. The highest BCUT2D eigenvalue weighted by Crippen LogP contribution is 2.45. The molecule has 0 N–H and O–H groups in total. The van der Waals surface area contributed by atoms with Gasteiger partial charge in [-0.05, 0) is 34.2 Å². The maximum Gasteiger partial charge on any atom is 0.410 e. The summed E-state index contributed by atoms with van der Waals surface area (Å²) in [5.74, 6) is 0.534. The summed E-state index contributed by atoms with van der Waals surface area (Å²) in [7, 11) is 1.58. The Morgan fingerprint density at radius 2 is 1.80 bits per heavy atom. The molecular formula is C28H25ClN2O4. The lowest BCUT2D eigenvalue weighted by molar-refractivity contribution is -0.0331. The van der Waals surface area contributed by atoms with Crippen molar-refractivity contribution < 1.29 is 19.0 Å². The zero-order chi connectivity index (χ0) is 23.9. The van der Waals surface area contributed by atoms with Crippen LogP contribution in [0.5, 0.6) is 5.88 Å². The monoisotopic (exact) mass is 488 g/mol. The molecule has 0 saturated carbocycles. The van der Waals surface area contributed by atoms with Gasteiger partial charge in [0.05, 0.1) is 43.6 Å². The van der Waals surface area contributed by atoms with Gasteiger partial charge in [0.25, 0.3) is 0 Å². The Morgan fingerprint density at radius 1 is 1.09 bits per heavy atom. The van der Waals surface area contributed by atoms with Crippen LogP contribution >= 0.6 is 11.6 Å². The minimum absolute atomic E-state index is 0.0291. The number of hydrogen-bond donors (Lipinski definition) is 0. The molecule has 3 aromatic rings. The van der Waals surface area contributed by atoms with E-state index in [4.69, 9.17) is 25.8 Å². The molecule has 6 rings (SSSR count). The van der Waals surface area contributed by atoms with Gasteiger partial charge in [-0.15, -0.1) is 0 Å². The van der Waals surface area contributed by atoms with Crippen LogP contribution in [0.2, 0.25) is 5.02 Å². The fourth-order valence-corrected chi connectivity index (χ4v) is 5.75. The molecule has 7 heteroatoms. The number of aromatic nitrogens is 1. The number of rotatable bonds is 4. The number of morpholine rings is 1. The topological polar surface area (TPSA) is 60.9 Å². The lowest BCUT2D eigenvalue weighted by Crippen LogP contribution is -2.56. The zero-order valence-corrected chi connectivity index (χ0v) is 20.1. The van der Waals surface area contributed by atoms with Gasteiger partial charge in [-0.2, -0.15) is 0 Å². The molecule has 1 aliphatic carbocycles. The molecule has 1 fully saturated rings. The standard InChI is InChI=1S/C28H25ClN2O4/c1-33-27-12-24(26(29)13-30-27)17-10-18-14-34-15-19(11-17)31(18)28(32)35-16-25-22-8-4-2-6-20(22)21-7-3-5-9-23(21)25/h2-10,12-13,18-19,25H,11,14-16H2,1H3. The SMILES string of the molecule is COc1cc(C2=CC3COCC(C2)N3C(=O)OCC2c3ccccc3-c3ccccc32)c(Cl)cn1. The van der Waals surface area contributed by atoms with Gasteiger partial charge >= 0.3 is 6.09 Å². The first kappa shape index (κ1) is 22.1. The van der Waals surface area contributed by atoms with Crippen LogP contribution in [0.25, 0.3) is 16.7 Å². The van der Waals surface area contributed by atoms with Gasteiger partial charge in [-0.3, -0.25) is 4.90 Å². The van der Waals surface area contributed by atoms with E-state index in [0.717, 1.165) is 11.1 Å². The lowest BCUT2D eigenvalue weighted by Gasteiger charge is -2.44. The Morgan fingerprint density at radius 3 is 2.49 bits per heavy atom. The van der Waals surface area contributed by atoms with Crippen LogP contribution in [0.1, 0.15) is 29.0 Å². The van der Waals surface area contributed by atoms with Crippen molar-refractivity contribution in [2.75, 3.05) is 26.9 Å². The number of pyridine rings is 1. The molecule has 0 radical (unpaired) electrons. The normalized spacial score (nSPS) is 20.6. The van der Waals surface area contributed by atoms with Crippen molar-refractivity contribution in [3.05, 3.63) is 88.6 Å². The van der Waals surface area contributed by atoms with Gasteiger partial charge < -0.3 is 14.2 Å². The highest BCUT2D eigenvalue weighted by Gasteiger charge is 2.40. The van der Waals surface area contributed by atoms with Gasteiger partial charge in [0.15, 0.2) is 0 Å². The molecular weight excluding hydrogens is 464 g/mol. The number of carbonyl (C=O) groups excluding carboxylic acids is 1. The van der Waals surface area contributed by atoms with E-state index in [1.54, 1.807) is 13.3 Å². The molecule has 35 heavy (non-hydrogen) atoms. The highest BCUT2D eigenvalue weighted by atomic mass is 35.5. The van der Waals surface area contributed by atoms with Gasteiger partial charge in [0.1, 0.15) is 6.61 Å². The van der Waals surface area contributed by atoms with Crippen LogP contribution in [0, 0.1) is 0 Å². The molecule has 2 unspecified atom stereocenters. The second-order valence-electron chi connectivity index (χ2n) is 9.07. The largest absolute Gasteiger partial charge is 0.481 e. The van der Waals surface area contributed by atoms with Crippen LogP contribution in [0.3, 0.4) is 0 Å². The number of amides is 1. The highest BCUT2D eigenvalue weighted by molar-refractivity contribution is 6.32. The summed E-state index contributed by atoms with van der Waals surface area (Å²) < 4.78 is 17.0. The molecule has 1 amide bonds. The van der Waals surface area contributed by atoms with Gasteiger partial charge in [-0.25, -0.2) is 9.78 Å². The molecule has 2 atom stereocenters. The third kappa shape index (κ3) is 3.87. The van der Waals surface area contributed by atoms with E-state index in [-0.39, 0.29) is 24.1 Å². The van der Waals surface area contributed by atoms with Crippen LogP contribution in [-0.2, 0) is 9.47 Å². The summed E-state index contributed by atoms with van der Waals surface area (Å²) >= 11 is 6.45. The average Bonchev–Trinajstić information content (AvgIpc) is 3.20. The smallest absolute Gasteiger partial charge is 0.410 e. The van der Waals surface area contributed by atoms with Crippen LogP contribution in [0.15, 0.2) is 66.9 Å². The fourth-order valence-electron chi connectivity index (χ4n) is 5.53. The average molecular weight is 489 g/mol. The number of fused-ring (bicyclic) bond motifs is 5. The van der Waals surface area contributed by atoms with E-state index in [0.29, 0.717) is 37.1 Å². The van der Waals surface area contributed by atoms with E-state index in [2.05, 4.69) is 35.3 Å². The van der Waals surface area contributed by atoms with E-state index in [1.807, 2.05) is 35.2 Å². The first-order valence-corrected chi connectivity index (χ1v) is 12.1. The molecule has 3 aliphatic rings. The summed E-state index contributed by atoms with van der Waals surface area (Å²) in [4.78, 5) is 19.4. The maximum atomic E-state index is 13.4. The molecule has 6 nitrogen and oxygen atoms in total. The number of carbonyl (C=O) groups is 1. The Kier molecular flexibility index (Phi) is 5.71. The maximum absolute atomic E-state index is 13.4. The lowest BCUT2D eigenvalue weighted by atomic mass is 9.90. The van der Waals surface area contributed by atoms with Crippen LogP contribution in [-0.4, -0.2) is 55.0 Å². The Hall–Kier alpha value is -3.35. The minimum Gasteiger partial charge on any atom is -0.481 e. The number of halogens is 1. The predicted octanol–water partition coefficient (Wildman–Crippen LogP) is 5.55. The van der Waals surface area contributed by atoms with E-state index >= 15 is 0 Å². The fraction of sp³-hybridized carbons (Fsp3) is 0.286. The molecule has 0 spiro atoms. The Labute approximate surface area is 209 Å². The van der Waals surface area contributed by atoms with Crippen LogP contribution < -0.4 is 4.74 Å². The number of benzene rings is 2. The summed E-state index contributed by atoms with van der Waals surface area (Å²) in [5, 5.41) is 0.561. The van der Waals surface area contributed by atoms with Crippen molar-refractivity contribution in [3.8, 4) is 17.0 Å². The summed E-state index contributed by atoms with van der Waals surface area (Å²) in [6.07, 6.45) is 3.96. The number of methoxy groups -OCH3 is 1. The van der Waals surface area contributed by atoms with Crippen molar-refractivity contribution in [1.29, 1.82) is 0 Å². The van der Waals surface area contributed by atoms with E-state index in [9.17, 15) is 4.79 Å².